The summed E-state index contributed by atoms with van der Waals surface area (Å²) in [7, 11) is 0. The number of anilines is 1. The quantitative estimate of drug-likeness (QED) is 0.924. The van der Waals surface area contributed by atoms with Crippen LogP contribution in [0.15, 0.2) is 41.0 Å². The molecule has 1 aromatic heterocycles. The molecule has 0 radical (unpaired) electrons. The average Bonchev–Trinajstić information content (AvgIpc) is 3.09. The Morgan fingerprint density at radius 2 is 2.00 bits per heavy atom. The summed E-state index contributed by atoms with van der Waals surface area (Å²) in [4.78, 5) is 25.4. The number of para-hydroxylation sites is 1. The van der Waals surface area contributed by atoms with Crippen LogP contribution >= 0.6 is 0 Å². The van der Waals surface area contributed by atoms with Crippen LogP contribution in [0.25, 0.3) is 0 Å². The minimum atomic E-state index is -1.10. The van der Waals surface area contributed by atoms with Crippen LogP contribution in [-0.4, -0.2) is 23.5 Å². The molecule has 0 saturated heterocycles. The first-order valence-corrected chi connectivity index (χ1v) is 7.34. The van der Waals surface area contributed by atoms with Gasteiger partial charge in [0.25, 0.3) is 5.91 Å². The van der Waals surface area contributed by atoms with Crippen molar-refractivity contribution in [2.45, 2.75) is 24.7 Å². The van der Waals surface area contributed by atoms with E-state index in [9.17, 15) is 9.59 Å². The Balaban J connectivity index is 1.71. The first-order valence-electron chi connectivity index (χ1n) is 7.34. The maximum absolute atomic E-state index is 12.7. The van der Waals surface area contributed by atoms with Crippen LogP contribution in [0.1, 0.15) is 45.7 Å². The van der Waals surface area contributed by atoms with Crippen molar-refractivity contribution in [2.75, 3.05) is 11.4 Å². The third-order valence-corrected chi connectivity index (χ3v) is 4.84. The number of hydrogen-bond donors (Lipinski definition) is 1. The van der Waals surface area contributed by atoms with Crippen LogP contribution in [0.2, 0.25) is 0 Å². The van der Waals surface area contributed by atoms with Crippen LogP contribution in [0, 0.1) is 0 Å². The maximum atomic E-state index is 12.7. The molecule has 2 aliphatic rings. The van der Waals surface area contributed by atoms with Gasteiger partial charge in [-0.3, -0.25) is 4.79 Å². The monoisotopic (exact) mass is 297 g/mol. The van der Waals surface area contributed by atoms with Crippen LogP contribution in [0.4, 0.5) is 5.69 Å². The first kappa shape index (κ1) is 13.1. The average molecular weight is 297 g/mol. The molecule has 4 rings (SSSR count). The molecule has 0 unspecified atom stereocenters. The molecule has 1 N–H and O–H groups in total. The number of nitrogens with zero attached hydrogens (tertiary/aromatic N) is 1. The molecular weight excluding hydrogens is 282 g/mol. The minimum Gasteiger partial charge on any atom is -0.478 e. The van der Waals surface area contributed by atoms with Crippen molar-refractivity contribution >= 4 is 17.6 Å². The van der Waals surface area contributed by atoms with Crippen molar-refractivity contribution < 1.29 is 19.1 Å². The normalized spacial score (nSPS) is 18.1. The lowest BCUT2D eigenvalue weighted by Gasteiger charge is -2.38. The fourth-order valence-electron chi connectivity index (χ4n) is 3.54. The molecule has 1 aromatic carbocycles. The number of carboxylic acid groups (broad SMARTS) is 1. The zero-order chi connectivity index (χ0) is 15.3. The summed E-state index contributed by atoms with van der Waals surface area (Å²) in [5.74, 6) is -1.30. The van der Waals surface area contributed by atoms with Gasteiger partial charge in [0.2, 0.25) is 0 Å². The Morgan fingerprint density at radius 3 is 2.64 bits per heavy atom. The molecule has 112 valence electrons. The molecule has 1 fully saturated rings. The van der Waals surface area contributed by atoms with Crippen molar-refractivity contribution in [3.8, 4) is 0 Å². The molecule has 1 aliphatic carbocycles. The van der Waals surface area contributed by atoms with E-state index in [1.165, 1.54) is 18.1 Å². The number of furan rings is 1. The SMILES string of the molecule is O=C(O)c1coc(C(=O)N2CC3(CCC3)c3ccccc32)c1. The molecule has 1 spiro atoms. The molecule has 1 saturated carbocycles. The minimum absolute atomic E-state index is 0.00538. The predicted molar refractivity (Wildman–Crippen MR) is 79.3 cm³/mol. The fourth-order valence-corrected chi connectivity index (χ4v) is 3.54. The molecular formula is C17H15NO4. The lowest BCUT2D eigenvalue weighted by molar-refractivity contribution is 0.0696. The van der Waals surface area contributed by atoms with Gasteiger partial charge in [0.15, 0.2) is 5.76 Å². The second kappa shape index (κ2) is 4.47. The summed E-state index contributed by atoms with van der Waals surface area (Å²) in [6.45, 7) is 0.647. The second-order valence-electron chi connectivity index (χ2n) is 6.05. The van der Waals surface area contributed by atoms with Gasteiger partial charge in [0.05, 0.1) is 5.56 Å². The number of benzene rings is 1. The highest BCUT2D eigenvalue weighted by molar-refractivity contribution is 6.07. The standard InChI is InChI=1S/C17H15NO4/c19-15(14-8-11(9-22-14)16(20)21)18-10-17(6-3-7-17)12-4-1-2-5-13(12)18/h1-2,4-5,8-9H,3,6-7,10H2,(H,20,21). The summed E-state index contributed by atoms with van der Waals surface area (Å²) in [6.07, 6.45) is 4.47. The topological polar surface area (TPSA) is 70.7 Å². The number of hydrogen-bond acceptors (Lipinski definition) is 3. The Hall–Kier alpha value is -2.56. The molecule has 2 aromatic rings. The Morgan fingerprint density at radius 1 is 1.23 bits per heavy atom. The van der Waals surface area contributed by atoms with E-state index in [0.717, 1.165) is 24.8 Å². The van der Waals surface area contributed by atoms with Gasteiger partial charge < -0.3 is 14.4 Å². The van der Waals surface area contributed by atoms with E-state index in [4.69, 9.17) is 9.52 Å². The Labute approximate surface area is 127 Å². The smallest absolute Gasteiger partial charge is 0.338 e. The number of carboxylic acids is 1. The zero-order valence-corrected chi connectivity index (χ0v) is 11.9. The van der Waals surface area contributed by atoms with Gasteiger partial charge in [0, 0.05) is 23.7 Å². The van der Waals surface area contributed by atoms with Gasteiger partial charge in [-0.15, -0.1) is 0 Å². The third-order valence-electron chi connectivity index (χ3n) is 4.84. The maximum Gasteiger partial charge on any atom is 0.338 e. The van der Waals surface area contributed by atoms with Crippen LogP contribution in [-0.2, 0) is 5.41 Å². The fraction of sp³-hybridized carbons (Fsp3) is 0.294. The Kier molecular flexibility index (Phi) is 2.66. The van der Waals surface area contributed by atoms with Gasteiger partial charge in [-0.1, -0.05) is 24.6 Å². The molecule has 1 amide bonds. The number of amides is 1. The number of fused-ring (bicyclic) bond motifs is 2. The van der Waals surface area contributed by atoms with E-state index in [-0.39, 0.29) is 22.6 Å². The molecule has 0 atom stereocenters. The van der Waals surface area contributed by atoms with E-state index >= 15 is 0 Å². The molecule has 22 heavy (non-hydrogen) atoms. The second-order valence-corrected chi connectivity index (χ2v) is 6.05. The van der Waals surface area contributed by atoms with E-state index in [2.05, 4.69) is 6.07 Å². The van der Waals surface area contributed by atoms with Gasteiger partial charge >= 0.3 is 5.97 Å². The number of carbonyl (C=O) groups excluding carboxylic acids is 1. The van der Waals surface area contributed by atoms with Gasteiger partial charge in [-0.05, 0) is 24.5 Å². The first-order chi connectivity index (χ1) is 10.6. The summed E-state index contributed by atoms with van der Waals surface area (Å²) in [5.41, 5.74) is 2.21. The summed E-state index contributed by atoms with van der Waals surface area (Å²) < 4.78 is 5.16. The van der Waals surface area contributed by atoms with Crippen molar-refractivity contribution in [2.24, 2.45) is 0 Å². The van der Waals surface area contributed by atoms with Crippen LogP contribution < -0.4 is 4.90 Å². The summed E-state index contributed by atoms with van der Waals surface area (Å²) >= 11 is 0. The van der Waals surface area contributed by atoms with Gasteiger partial charge in [-0.25, -0.2) is 4.79 Å². The van der Waals surface area contributed by atoms with Crippen molar-refractivity contribution in [3.05, 3.63) is 53.5 Å². The lowest BCUT2D eigenvalue weighted by atomic mass is 9.66. The Bertz CT molecular complexity index is 772. The largest absolute Gasteiger partial charge is 0.478 e. The highest BCUT2D eigenvalue weighted by Gasteiger charge is 2.48. The van der Waals surface area contributed by atoms with Crippen molar-refractivity contribution in [1.82, 2.24) is 0 Å². The van der Waals surface area contributed by atoms with Crippen molar-refractivity contribution in [3.63, 3.8) is 0 Å². The van der Waals surface area contributed by atoms with E-state index in [0.29, 0.717) is 6.54 Å². The van der Waals surface area contributed by atoms with E-state index in [1.54, 1.807) is 4.90 Å². The molecule has 2 heterocycles. The highest BCUT2D eigenvalue weighted by Crippen LogP contribution is 2.52. The number of aromatic carboxylic acids is 1. The van der Waals surface area contributed by atoms with Crippen LogP contribution in [0.3, 0.4) is 0 Å². The van der Waals surface area contributed by atoms with Crippen molar-refractivity contribution in [1.29, 1.82) is 0 Å². The summed E-state index contributed by atoms with van der Waals surface area (Å²) in [5, 5.41) is 8.95. The van der Waals surface area contributed by atoms with E-state index in [1.807, 2.05) is 18.2 Å². The molecule has 0 bridgehead atoms. The molecule has 5 nitrogen and oxygen atoms in total. The zero-order valence-electron chi connectivity index (χ0n) is 11.9. The summed E-state index contributed by atoms with van der Waals surface area (Å²) in [6, 6.07) is 9.25. The third kappa shape index (κ3) is 1.71. The van der Waals surface area contributed by atoms with Gasteiger partial charge in [-0.2, -0.15) is 0 Å². The number of rotatable bonds is 2. The molecule has 5 heteroatoms. The lowest BCUT2D eigenvalue weighted by Crippen LogP contribution is -2.41. The van der Waals surface area contributed by atoms with E-state index < -0.39 is 5.97 Å². The highest BCUT2D eigenvalue weighted by atomic mass is 16.4. The van der Waals surface area contributed by atoms with Gasteiger partial charge in [0.1, 0.15) is 6.26 Å². The number of carbonyl (C=O) groups is 2. The molecule has 1 aliphatic heterocycles. The predicted octanol–water partition coefficient (Wildman–Crippen LogP) is 3.06. The van der Waals surface area contributed by atoms with Crippen LogP contribution in [0.5, 0.6) is 0 Å².